The molecule has 1 saturated heterocycles. The van der Waals surface area contributed by atoms with Gasteiger partial charge in [0.05, 0.1) is 12.7 Å². The summed E-state index contributed by atoms with van der Waals surface area (Å²) in [6, 6.07) is 13.0. The molecule has 0 radical (unpaired) electrons. The fourth-order valence-corrected chi connectivity index (χ4v) is 4.48. The summed E-state index contributed by atoms with van der Waals surface area (Å²) in [4.78, 5) is 20.5. The van der Waals surface area contributed by atoms with Gasteiger partial charge < -0.3 is 10.0 Å². The van der Waals surface area contributed by atoms with Gasteiger partial charge in [-0.25, -0.2) is 4.85 Å². The van der Waals surface area contributed by atoms with Crippen molar-refractivity contribution in [1.82, 2.24) is 0 Å². The van der Waals surface area contributed by atoms with Crippen LogP contribution in [0.15, 0.2) is 42.5 Å². The second kappa shape index (κ2) is 6.69. The number of rotatable bonds is 3. The van der Waals surface area contributed by atoms with Crippen LogP contribution in [0.4, 0.5) is 17.1 Å². The number of carbonyl (C=O) groups is 1. The molecule has 1 unspecified atom stereocenters. The molecule has 142 valence electrons. The molecule has 1 amide bonds. The topological polar surface area (TPSA) is 48.1 Å². The quantitative estimate of drug-likeness (QED) is 0.611. The van der Waals surface area contributed by atoms with Gasteiger partial charge in [0.15, 0.2) is 10.8 Å². The van der Waals surface area contributed by atoms with E-state index in [1.54, 1.807) is 24.0 Å². The van der Waals surface area contributed by atoms with E-state index in [2.05, 4.69) is 4.85 Å². The number of hydrogen-bond donors (Lipinski definition) is 1. The molecule has 1 saturated carbocycles. The Bertz CT molecular complexity index is 1000. The summed E-state index contributed by atoms with van der Waals surface area (Å²) in [7, 11) is 0. The largest absolute Gasteiger partial charge is 0.389 e. The van der Waals surface area contributed by atoms with Gasteiger partial charge in [0, 0.05) is 11.4 Å². The third-order valence-corrected chi connectivity index (χ3v) is 6.15. The first-order valence-electron chi connectivity index (χ1n) is 9.34. The Labute approximate surface area is 170 Å². The summed E-state index contributed by atoms with van der Waals surface area (Å²) < 4.78 is 0. The lowest BCUT2D eigenvalue weighted by molar-refractivity contribution is -0.123. The average molecular weight is 391 g/mol. The summed E-state index contributed by atoms with van der Waals surface area (Å²) in [6.07, 6.45) is 1.97. The molecule has 2 aromatic carbocycles. The number of amides is 1. The molecule has 28 heavy (non-hydrogen) atoms. The Hall–Kier alpha value is -2.75. The van der Waals surface area contributed by atoms with Crippen molar-refractivity contribution >= 4 is 40.3 Å². The van der Waals surface area contributed by atoms with Crippen LogP contribution in [0, 0.1) is 13.5 Å². The number of thiocarbonyl (C=S) groups is 1. The minimum Gasteiger partial charge on any atom is -0.389 e. The maximum Gasteiger partial charge on any atom is 0.259 e. The Balaban J connectivity index is 1.76. The second-order valence-electron chi connectivity index (χ2n) is 7.49. The average Bonchev–Trinajstić information content (AvgIpc) is 2.88. The SMILES string of the molecule is [C-]#[N+]c1ccc(N2C(=O)C3(CCC3)N(c3ccc(C(C)O)cc3)C2=S)cc1C. The van der Waals surface area contributed by atoms with Crippen molar-refractivity contribution in [2.45, 2.75) is 44.8 Å². The lowest BCUT2D eigenvalue weighted by Gasteiger charge is -2.43. The first-order chi connectivity index (χ1) is 13.4. The molecule has 1 heterocycles. The molecule has 6 heteroatoms. The molecule has 1 aliphatic carbocycles. The van der Waals surface area contributed by atoms with Gasteiger partial charge in [-0.1, -0.05) is 18.2 Å². The van der Waals surface area contributed by atoms with Crippen molar-refractivity contribution in [1.29, 1.82) is 0 Å². The molecular formula is C22H21N3O2S. The number of aliphatic hydroxyl groups excluding tert-OH is 1. The Morgan fingerprint density at radius 2 is 1.82 bits per heavy atom. The van der Waals surface area contributed by atoms with E-state index < -0.39 is 11.6 Å². The van der Waals surface area contributed by atoms with Crippen molar-refractivity contribution in [3.05, 3.63) is 65.0 Å². The van der Waals surface area contributed by atoms with Crippen LogP contribution in [0.25, 0.3) is 4.85 Å². The Kier molecular flexibility index (Phi) is 4.45. The zero-order valence-corrected chi connectivity index (χ0v) is 16.7. The molecule has 4 rings (SSSR count). The molecule has 1 spiro atoms. The number of carbonyl (C=O) groups excluding carboxylic acids is 1. The highest BCUT2D eigenvalue weighted by molar-refractivity contribution is 7.81. The van der Waals surface area contributed by atoms with Crippen molar-refractivity contribution in [3.8, 4) is 0 Å². The third kappa shape index (κ3) is 2.62. The lowest BCUT2D eigenvalue weighted by Crippen LogP contribution is -2.55. The minimum atomic E-state index is -0.629. The zero-order chi connectivity index (χ0) is 20.1. The molecule has 0 aromatic heterocycles. The normalized spacial score (nSPS) is 18.9. The smallest absolute Gasteiger partial charge is 0.259 e. The minimum absolute atomic E-state index is 0.00156. The summed E-state index contributed by atoms with van der Waals surface area (Å²) in [5.74, 6) is -0.00156. The van der Waals surface area contributed by atoms with Crippen LogP contribution in [0.2, 0.25) is 0 Å². The van der Waals surface area contributed by atoms with Crippen LogP contribution < -0.4 is 9.80 Å². The summed E-state index contributed by atoms with van der Waals surface area (Å²) in [5, 5.41) is 10.2. The van der Waals surface area contributed by atoms with E-state index in [-0.39, 0.29) is 5.91 Å². The van der Waals surface area contributed by atoms with Gasteiger partial charge in [0.1, 0.15) is 5.54 Å². The van der Waals surface area contributed by atoms with Crippen molar-refractivity contribution in [2.75, 3.05) is 9.80 Å². The number of nitrogens with zero attached hydrogens (tertiary/aromatic N) is 3. The number of hydrogen-bond acceptors (Lipinski definition) is 3. The van der Waals surface area contributed by atoms with E-state index in [0.717, 1.165) is 36.1 Å². The number of anilines is 2. The van der Waals surface area contributed by atoms with E-state index in [1.165, 1.54) is 0 Å². The van der Waals surface area contributed by atoms with Crippen LogP contribution in [0.3, 0.4) is 0 Å². The number of aryl methyl sites for hydroxylation is 1. The molecule has 2 aliphatic rings. The van der Waals surface area contributed by atoms with Crippen molar-refractivity contribution in [2.24, 2.45) is 0 Å². The molecule has 5 nitrogen and oxygen atoms in total. The molecule has 1 aliphatic heterocycles. The molecule has 2 aromatic rings. The van der Waals surface area contributed by atoms with Gasteiger partial charge in [-0.15, -0.1) is 0 Å². The zero-order valence-electron chi connectivity index (χ0n) is 15.8. The second-order valence-corrected chi connectivity index (χ2v) is 7.86. The Morgan fingerprint density at radius 3 is 2.32 bits per heavy atom. The van der Waals surface area contributed by atoms with Crippen molar-refractivity contribution < 1.29 is 9.90 Å². The summed E-state index contributed by atoms with van der Waals surface area (Å²) in [5.41, 5.74) is 3.16. The predicted molar refractivity (Wildman–Crippen MR) is 114 cm³/mol. The monoisotopic (exact) mass is 391 g/mol. The van der Waals surface area contributed by atoms with Crippen LogP contribution in [0.5, 0.6) is 0 Å². The van der Waals surface area contributed by atoms with Crippen molar-refractivity contribution in [3.63, 3.8) is 0 Å². The van der Waals surface area contributed by atoms with E-state index in [9.17, 15) is 9.90 Å². The van der Waals surface area contributed by atoms with Gasteiger partial charge in [-0.3, -0.25) is 9.69 Å². The van der Waals surface area contributed by atoms with E-state index in [1.807, 2.05) is 42.2 Å². The maximum absolute atomic E-state index is 13.4. The standard InChI is InChI=1S/C22H21N3O2S/c1-14-13-18(9-10-19(14)23-3)24-20(27)22(11-4-12-22)25(21(24)28)17-7-5-16(6-8-17)15(2)26/h5-10,13,15,26H,4,11-12H2,1-2H3. The maximum atomic E-state index is 13.4. The first kappa shape index (κ1) is 18.6. The van der Waals surface area contributed by atoms with E-state index >= 15 is 0 Å². The van der Waals surface area contributed by atoms with Crippen LogP contribution in [-0.4, -0.2) is 21.7 Å². The third-order valence-electron chi connectivity index (χ3n) is 5.79. The highest BCUT2D eigenvalue weighted by Crippen LogP contribution is 2.48. The van der Waals surface area contributed by atoms with Crippen LogP contribution in [0.1, 0.15) is 43.4 Å². The van der Waals surface area contributed by atoms with E-state index in [0.29, 0.717) is 16.5 Å². The predicted octanol–water partition coefficient (Wildman–Crippen LogP) is 4.66. The van der Waals surface area contributed by atoms with Gasteiger partial charge >= 0.3 is 0 Å². The summed E-state index contributed by atoms with van der Waals surface area (Å²) >= 11 is 5.76. The highest BCUT2D eigenvalue weighted by Gasteiger charge is 2.59. The molecule has 1 atom stereocenters. The summed E-state index contributed by atoms with van der Waals surface area (Å²) in [6.45, 7) is 10.8. The van der Waals surface area contributed by atoms with E-state index in [4.69, 9.17) is 18.8 Å². The molecule has 1 N–H and O–H groups in total. The van der Waals surface area contributed by atoms with Gasteiger partial charge in [-0.05, 0) is 80.7 Å². The van der Waals surface area contributed by atoms with Gasteiger partial charge in [0.25, 0.3) is 5.91 Å². The number of benzene rings is 2. The first-order valence-corrected chi connectivity index (χ1v) is 9.75. The van der Waals surface area contributed by atoms with Gasteiger partial charge in [-0.2, -0.15) is 0 Å². The highest BCUT2D eigenvalue weighted by atomic mass is 32.1. The van der Waals surface area contributed by atoms with Crippen LogP contribution in [-0.2, 0) is 4.79 Å². The van der Waals surface area contributed by atoms with Crippen LogP contribution >= 0.6 is 12.2 Å². The molecular weight excluding hydrogens is 370 g/mol. The van der Waals surface area contributed by atoms with Gasteiger partial charge in [0.2, 0.25) is 0 Å². The fraction of sp³-hybridized carbons (Fsp3) is 0.318. The molecule has 2 fully saturated rings. The lowest BCUT2D eigenvalue weighted by atomic mass is 9.75. The molecule has 0 bridgehead atoms. The fourth-order valence-electron chi connectivity index (χ4n) is 4.01. The number of aliphatic hydroxyl groups is 1. The Morgan fingerprint density at radius 1 is 1.18 bits per heavy atom.